The van der Waals surface area contributed by atoms with Gasteiger partial charge in [-0.15, -0.1) is 0 Å². The minimum absolute atomic E-state index is 0.0160. The third-order valence-electron chi connectivity index (χ3n) is 6.20. The maximum absolute atomic E-state index is 14.2. The van der Waals surface area contributed by atoms with Crippen LogP contribution in [0.5, 0.6) is 0 Å². The van der Waals surface area contributed by atoms with Gasteiger partial charge in [-0.3, -0.25) is 10.1 Å². The van der Waals surface area contributed by atoms with Crippen molar-refractivity contribution in [2.45, 2.75) is 37.2 Å². The van der Waals surface area contributed by atoms with E-state index < -0.39 is 38.8 Å². The van der Waals surface area contributed by atoms with Crippen molar-refractivity contribution in [3.63, 3.8) is 0 Å². The van der Waals surface area contributed by atoms with Crippen LogP contribution in [-0.2, 0) is 19.6 Å². The van der Waals surface area contributed by atoms with E-state index >= 15 is 0 Å². The lowest BCUT2D eigenvalue weighted by Crippen LogP contribution is -2.42. The summed E-state index contributed by atoms with van der Waals surface area (Å²) in [5.41, 5.74) is 1.68. The molecule has 37 heavy (non-hydrogen) atoms. The number of sulfonamides is 1. The molecule has 4 rings (SSSR count). The number of nitro groups is 1. The van der Waals surface area contributed by atoms with Crippen LogP contribution in [0.1, 0.15) is 42.1 Å². The molecular formula is C27H25FN2O6S. The number of nitro benzene ring substituents is 1. The highest BCUT2D eigenvalue weighted by Crippen LogP contribution is 2.46. The van der Waals surface area contributed by atoms with Gasteiger partial charge >= 0.3 is 5.97 Å². The van der Waals surface area contributed by atoms with Crippen LogP contribution in [-0.4, -0.2) is 30.2 Å². The summed E-state index contributed by atoms with van der Waals surface area (Å²) in [6.45, 7) is 3.56. The Balaban J connectivity index is 1.96. The van der Waals surface area contributed by atoms with Gasteiger partial charge in [-0.2, -0.15) is 4.31 Å². The molecule has 0 aliphatic carbocycles. The summed E-state index contributed by atoms with van der Waals surface area (Å²) in [7, 11) is -4.23. The van der Waals surface area contributed by atoms with Gasteiger partial charge in [0, 0.05) is 12.1 Å². The van der Waals surface area contributed by atoms with Crippen molar-refractivity contribution in [1.82, 2.24) is 4.31 Å². The summed E-state index contributed by atoms with van der Waals surface area (Å²) < 4.78 is 48.6. The third kappa shape index (κ3) is 5.30. The maximum Gasteiger partial charge on any atom is 0.335 e. The van der Waals surface area contributed by atoms with Crippen LogP contribution in [0, 0.1) is 22.9 Å². The summed E-state index contributed by atoms with van der Waals surface area (Å²) in [5.74, 6) is -1.16. The molecule has 0 spiro atoms. The number of carbonyl (C=O) groups is 1. The molecule has 0 amide bonds. The van der Waals surface area contributed by atoms with E-state index in [-0.39, 0.29) is 29.2 Å². The minimum Gasteiger partial charge on any atom is -0.463 e. The first kappa shape index (κ1) is 26.2. The second-order valence-electron chi connectivity index (χ2n) is 8.58. The van der Waals surface area contributed by atoms with Gasteiger partial charge in [0.15, 0.2) is 0 Å². The largest absolute Gasteiger partial charge is 0.463 e. The standard InChI is InChI=1S/C27H25FN2O6S/c1-3-36-27(31)24-16-17-25(19-6-10-21(28)11-7-19)29(37(34,35)23-14-4-18(2)5-15-23)26(24)20-8-12-22(13-9-20)30(32)33/h4-16,25-26H,3,17H2,1-2H3/t25-,26-/m0/s1. The Hall–Kier alpha value is -3.89. The number of carbonyl (C=O) groups excluding carboxylic acids is 1. The van der Waals surface area contributed by atoms with Crippen LogP contribution >= 0.6 is 0 Å². The molecule has 1 aliphatic heterocycles. The van der Waals surface area contributed by atoms with Crippen LogP contribution in [0.3, 0.4) is 0 Å². The smallest absolute Gasteiger partial charge is 0.335 e. The fourth-order valence-electron chi connectivity index (χ4n) is 4.39. The number of nitrogens with zero attached hydrogens (tertiary/aromatic N) is 2. The van der Waals surface area contributed by atoms with E-state index in [2.05, 4.69) is 0 Å². The number of ether oxygens (including phenoxy) is 1. The first-order chi connectivity index (χ1) is 17.6. The fourth-order valence-corrected chi connectivity index (χ4v) is 6.17. The zero-order chi connectivity index (χ0) is 26.7. The van der Waals surface area contributed by atoms with E-state index in [1.165, 1.54) is 65.0 Å². The molecule has 1 aliphatic rings. The van der Waals surface area contributed by atoms with Crippen molar-refractivity contribution < 1.29 is 27.3 Å². The van der Waals surface area contributed by atoms with E-state index in [0.29, 0.717) is 11.1 Å². The van der Waals surface area contributed by atoms with E-state index in [4.69, 9.17) is 4.74 Å². The lowest BCUT2D eigenvalue weighted by atomic mass is 9.89. The average molecular weight is 525 g/mol. The monoisotopic (exact) mass is 524 g/mol. The summed E-state index contributed by atoms with van der Waals surface area (Å²) in [6.07, 6.45) is 1.76. The molecule has 10 heteroatoms. The number of benzene rings is 3. The van der Waals surface area contributed by atoms with Gasteiger partial charge in [-0.05, 0) is 55.7 Å². The Kier molecular flexibility index (Phi) is 7.51. The van der Waals surface area contributed by atoms with Crippen molar-refractivity contribution in [2.75, 3.05) is 6.61 Å². The highest BCUT2D eigenvalue weighted by Gasteiger charge is 2.45. The number of rotatable bonds is 7. The fraction of sp³-hybridized carbons (Fsp3) is 0.222. The Morgan fingerprint density at radius 3 is 2.19 bits per heavy atom. The van der Waals surface area contributed by atoms with Crippen molar-refractivity contribution in [3.8, 4) is 0 Å². The quantitative estimate of drug-likeness (QED) is 0.232. The molecular weight excluding hydrogens is 499 g/mol. The third-order valence-corrected chi connectivity index (χ3v) is 8.09. The Labute approximate surface area is 214 Å². The van der Waals surface area contributed by atoms with Gasteiger partial charge in [0.1, 0.15) is 5.82 Å². The van der Waals surface area contributed by atoms with Gasteiger partial charge in [0.05, 0.1) is 34.1 Å². The first-order valence-corrected chi connectivity index (χ1v) is 13.0. The van der Waals surface area contributed by atoms with Crippen molar-refractivity contribution in [1.29, 1.82) is 0 Å². The number of hydrogen-bond acceptors (Lipinski definition) is 6. The number of hydrogen-bond donors (Lipinski definition) is 0. The lowest BCUT2D eigenvalue weighted by molar-refractivity contribution is -0.384. The van der Waals surface area contributed by atoms with Crippen LogP contribution in [0.25, 0.3) is 0 Å². The summed E-state index contributed by atoms with van der Waals surface area (Å²) >= 11 is 0. The van der Waals surface area contributed by atoms with E-state index in [0.717, 1.165) is 5.56 Å². The number of aryl methyl sites for hydroxylation is 1. The maximum atomic E-state index is 14.2. The zero-order valence-corrected chi connectivity index (χ0v) is 21.0. The van der Waals surface area contributed by atoms with E-state index in [9.17, 15) is 27.7 Å². The molecule has 0 saturated carbocycles. The molecule has 8 nitrogen and oxygen atoms in total. The molecule has 1 heterocycles. The number of non-ortho nitro benzene ring substituents is 1. The topological polar surface area (TPSA) is 107 Å². The number of halogens is 1. The highest BCUT2D eigenvalue weighted by molar-refractivity contribution is 7.89. The van der Waals surface area contributed by atoms with Crippen LogP contribution in [0.15, 0.2) is 89.3 Å². The van der Waals surface area contributed by atoms with Gasteiger partial charge in [0.25, 0.3) is 5.69 Å². The summed E-state index contributed by atoms with van der Waals surface area (Å²) in [5, 5.41) is 11.2. The van der Waals surface area contributed by atoms with Crippen molar-refractivity contribution in [3.05, 3.63) is 117 Å². The van der Waals surface area contributed by atoms with Gasteiger partial charge in [-0.1, -0.05) is 48.0 Å². The van der Waals surface area contributed by atoms with E-state index in [1.54, 1.807) is 25.1 Å². The predicted octanol–water partition coefficient (Wildman–Crippen LogP) is 5.41. The van der Waals surface area contributed by atoms with Crippen LogP contribution in [0.4, 0.5) is 10.1 Å². The molecule has 0 saturated heterocycles. The molecule has 3 aromatic carbocycles. The summed E-state index contributed by atoms with van der Waals surface area (Å²) in [6, 6.07) is 15.3. The lowest BCUT2D eigenvalue weighted by Gasteiger charge is -2.41. The van der Waals surface area contributed by atoms with E-state index in [1.807, 2.05) is 6.92 Å². The Morgan fingerprint density at radius 2 is 1.62 bits per heavy atom. The normalized spacial score (nSPS) is 18.2. The minimum atomic E-state index is -4.23. The molecule has 192 valence electrons. The molecule has 0 N–H and O–H groups in total. The molecule has 0 fully saturated rings. The SMILES string of the molecule is CCOC(=O)C1=CC[C@@H](c2ccc(F)cc2)N(S(=O)(=O)c2ccc(C)cc2)[C@H]1c1ccc([N+](=O)[O-])cc1. The second-order valence-corrected chi connectivity index (χ2v) is 10.4. The second kappa shape index (κ2) is 10.6. The molecule has 0 unspecified atom stereocenters. The first-order valence-electron chi connectivity index (χ1n) is 11.6. The van der Waals surface area contributed by atoms with Crippen LogP contribution < -0.4 is 0 Å². The van der Waals surface area contributed by atoms with Crippen LogP contribution in [0.2, 0.25) is 0 Å². The zero-order valence-electron chi connectivity index (χ0n) is 20.2. The van der Waals surface area contributed by atoms with Gasteiger partial charge < -0.3 is 4.74 Å². The molecule has 0 bridgehead atoms. The Morgan fingerprint density at radius 1 is 1.03 bits per heavy atom. The Bertz CT molecular complexity index is 1440. The van der Waals surface area contributed by atoms with Gasteiger partial charge in [-0.25, -0.2) is 17.6 Å². The average Bonchev–Trinajstić information content (AvgIpc) is 2.88. The van der Waals surface area contributed by atoms with Crippen molar-refractivity contribution >= 4 is 21.7 Å². The summed E-state index contributed by atoms with van der Waals surface area (Å²) in [4.78, 5) is 23.7. The highest BCUT2D eigenvalue weighted by atomic mass is 32.2. The molecule has 0 aromatic heterocycles. The molecule has 0 radical (unpaired) electrons. The predicted molar refractivity (Wildman–Crippen MR) is 135 cm³/mol. The van der Waals surface area contributed by atoms with Gasteiger partial charge in [0.2, 0.25) is 10.0 Å². The van der Waals surface area contributed by atoms with Crippen molar-refractivity contribution in [2.24, 2.45) is 0 Å². The molecule has 3 aromatic rings. The molecule has 2 atom stereocenters. The number of esters is 1.